The normalized spacial score (nSPS) is 13.7. The SMILES string of the molecule is O=C(CCN1C(=O)C=CC1=O)NCCCC(=O)c1cc([N+](=O)[O-])n(COP(=O)(O)O)n1. The van der Waals surface area contributed by atoms with Gasteiger partial charge in [0.25, 0.3) is 11.8 Å². The molecule has 0 aliphatic carbocycles. The third-order valence-corrected chi connectivity index (χ3v) is 4.40. The summed E-state index contributed by atoms with van der Waals surface area (Å²) in [6.07, 6.45) is 2.16. The molecule has 0 unspecified atom stereocenters. The van der Waals surface area contributed by atoms with Crippen molar-refractivity contribution < 1.29 is 43.0 Å². The monoisotopic (exact) mass is 459 g/mol. The molecule has 0 bridgehead atoms. The minimum absolute atomic E-state index is 0.0762. The predicted octanol–water partition coefficient (Wildman–Crippen LogP) is -0.748. The first kappa shape index (κ1) is 24.0. The standard InChI is InChI=1S/C15H18N5O10P/c21-11(10-8-13(20(25)26)19(17-10)9-30-31(27,28)29)2-1-6-16-12(22)5-7-18-14(23)3-4-15(18)24/h3-4,8H,1-2,5-7,9H2,(H,16,22)(H2,27,28,29). The molecule has 2 heterocycles. The van der Waals surface area contributed by atoms with Crippen LogP contribution >= 0.6 is 7.82 Å². The number of imide groups is 1. The summed E-state index contributed by atoms with van der Waals surface area (Å²) in [6, 6.07) is 0.849. The fraction of sp³-hybridized carbons (Fsp3) is 0.400. The molecule has 1 aromatic rings. The summed E-state index contributed by atoms with van der Waals surface area (Å²) in [5, 5.41) is 17.1. The summed E-state index contributed by atoms with van der Waals surface area (Å²) < 4.78 is 15.4. The van der Waals surface area contributed by atoms with E-state index >= 15 is 0 Å². The zero-order valence-electron chi connectivity index (χ0n) is 15.9. The highest BCUT2D eigenvalue weighted by atomic mass is 31.2. The highest BCUT2D eigenvalue weighted by molar-refractivity contribution is 7.46. The van der Waals surface area contributed by atoms with E-state index in [1.54, 1.807) is 0 Å². The van der Waals surface area contributed by atoms with Gasteiger partial charge < -0.3 is 25.2 Å². The number of ketones is 1. The number of nitrogens with zero attached hydrogens (tertiary/aromatic N) is 4. The molecule has 0 aromatic carbocycles. The average Bonchev–Trinajstić information content (AvgIpc) is 3.25. The van der Waals surface area contributed by atoms with Crippen molar-refractivity contribution in [2.75, 3.05) is 13.1 Å². The Labute approximate surface area is 174 Å². The average molecular weight is 459 g/mol. The molecule has 15 nitrogen and oxygen atoms in total. The fourth-order valence-electron chi connectivity index (χ4n) is 2.47. The van der Waals surface area contributed by atoms with Gasteiger partial charge >= 0.3 is 13.6 Å². The van der Waals surface area contributed by atoms with Crippen molar-refractivity contribution in [2.24, 2.45) is 0 Å². The van der Waals surface area contributed by atoms with Gasteiger partial charge in [-0.25, -0.2) is 9.09 Å². The number of nitrogens with one attached hydrogen (secondary N) is 1. The van der Waals surface area contributed by atoms with Crippen molar-refractivity contribution in [1.82, 2.24) is 20.0 Å². The zero-order valence-corrected chi connectivity index (χ0v) is 16.8. The number of Topliss-reactive ketones (excluding diaryl/α,β-unsaturated/α-hetero) is 1. The molecular formula is C15H18N5O10P. The van der Waals surface area contributed by atoms with Crippen LogP contribution in [-0.2, 0) is 30.2 Å². The van der Waals surface area contributed by atoms with Crippen molar-refractivity contribution in [3.8, 4) is 0 Å². The molecule has 31 heavy (non-hydrogen) atoms. The molecule has 1 aliphatic heterocycles. The summed E-state index contributed by atoms with van der Waals surface area (Å²) in [5.74, 6) is -2.71. The highest BCUT2D eigenvalue weighted by Gasteiger charge is 2.26. The number of carbonyl (C=O) groups is 4. The molecule has 0 spiro atoms. The van der Waals surface area contributed by atoms with Crippen LogP contribution in [0.15, 0.2) is 18.2 Å². The first-order valence-corrected chi connectivity index (χ1v) is 10.3. The third kappa shape index (κ3) is 7.18. The fourth-order valence-corrected chi connectivity index (χ4v) is 2.73. The van der Waals surface area contributed by atoms with Gasteiger partial charge in [-0.15, -0.1) is 4.68 Å². The second kappa shape index (κ2) is 10.2. The van der Waals surface area contributed by atoms with Crippen molar-refractivity contribution in [3.05, 3.63) is 34.0 Å². The maximum atomic E-state index is 12.2. The summed E-state index contributed by atoms with van der Waals surface area (Å²) >= 11 is 0. The molecule has 0 radical (unpaired) electrons. The molecule has 168 valence electrons. The van der Waals surface area contributed by atoms with E-state index in [1.807, 2.05) is 0 Å². The van der Waals surface area contributed by atoms with Crippen LogP contribution in [-0.4, -0.2) is 66.0 Å². The lowest BCUT2D eigenvalue weighted by molar-refractivity contribution is -0.393. The molecule has 0 saturated carbocycles. The number of amides is 3. The maximum absolute atomic E-state index is 12.2. The summed E-state index contributed by atoms with van der Waals surface area (Å²) in [5.41, 5.74) is -0.300. The van der Waals surface area contributed by atoms with Crippen LogP contribution in [0, 0.1) is 10.1 Å². The molecule has 16 heteroatoms. The van der Waals surface area contributed by atoms with Gasteiger partial charge in [0, 0.05) is 38.1 Å². The summed E-state index contributed by atoms with van der Waals surface area (Å²) in [4.78, 5) is 75.1. The maximum Gasteiger partial charge on any atom is 0.472 e. The molecule has 3 amide bonds. The first-order valence-electron chi connectivity index (χ1n) is 8.73. The van der Waals surface area contributed by atoms with Crippen LogP contribution in [0.1, 0.15) is 29.8 Å². The molecule has 0 saturated heterocycles. The number of aromatic nitrogens is 2. The number of hydrogen-bond donors (Lipinski definition) is 3. The van der Waals surface area contributed by atoms with E-state index in [4.69, 9.17) is 9.79 Å². The Kier molecular flexibility index (Phi) is 7.88. The number of phosphoric ester groups is 1. The first-order chi connectivity index (χ1) is 14.5. The van der Waals surface area contributed by atoms with Crippen molar-refractivity contribution in [2.45, 2.75) is 26.0 Å². The Morgan fingerprint density at radius 2 is 1.87 bits per heavy atom. The smallest absolute Gasteiger partial charge is 0.358 e. The van der Waals surface area contributed by atoms with E-state index in [0.29, 0.717) is 4.68 Å². The second-order valence-electron chi connectivity index (χ2n) is 6.18. The summed E-state index contributed by atoms with van der Waals surface area (Å²) in [6.45, 7) is -0.913. The van der Waals surface area contributed by atoms with E-state index in [1.165, 1.54) is 0 Å². The van der Waals surface area contributed by atoms with Crippen molar-refractivity contribution >= 4 is 37.1 Å². The Bertz CT molecular complexity index is 963. The Morgan fingerprint density at radius 3 is 2.45 bits per heavy atom. The van der Waals surface area contributed by atoms with Crippen LogP contribution in [0.3, 0.4) is 0 Å². The summed E-state index contributed by atoms with van der Waals surface area (Å²) in [7, 11) is -4.90. The molecule has 3 N–H and O–H groups in total. The van der Waals surface area contributed by atoms with E-state index < -0.39 is 48.8 Å². The lowest BCUT2D eigenvalue weighted by Crippen LogP contribution is -2.35. The van der Waals surface area contributed by atoms with Gasteiger partial charge in [0.15, 0.2) is 11.5 Å². The lowest BCUT2D eigenvalue weighted by atomic mass is 10.1. The van der Waals surface area contributed by atoms with Crippen molar-refractivity contribution in [3.63, 3.8) is 0 Å². The van der Waals surface area contributed by atoms with Gasteiger partial charge in [-0.1, -0.05) is 5.10 Å². The molecule has 1 aromatic heterocycles. The Hall–Kier alpha value is -3.26. The van der Waals surface area contributed by atoms with Crippen LogP contribution in [0.25, 0.3) is 0 Å². The number of nitro groups is 1. The topological polar surface area (TPSA) is 211 Å². The zero-order chi connectivity index (χ0) is 23.2. The van der Waals surface area contributed by atoms with E-state index in [2.05, 4.69) is 14.9 Å². The Morgan fingerprint density at radius 1 is 1.23 bits per heavy atom. The van der Waals surface area contributed by atoms with Crippen LogP contribution in [0.4, 0.5) is 5.82 Å². The van der Waals surface area contributed by atoms with E-state index in [9.17, 15) is 33.9 Å². The van der Waals surface area contributed by atoms with Gasteiger partial charge in [0.1, 0.15) is 0 Å². The third-order valence-electron chi connectivity index (χ3n) is 3.95. The van der Waals surface area contributed by atoms with Crippen LogP contribution in [0.5, 0.6) is 0 Å². The van der Waals surface area contributed by atoms with Gasteiger partial charge in [-0.2, -0.15) is 0 Å². The van der Waals surface area contributed by atoms with Gasteiger partial charge in [0.2, 0.25) is 12.6 Å². The minimum atomic E-state index is -4.90. The molecule has 2 rings (SSSR count). The number of hydrogen-bond acceptors (Lipinski definition) is 9. The highest BCUT2D eigenvalue weighted by Crippen LogP contribution is 2.36. The Balaban J connectivity index is 1.78. The molecule has 1 aliphatic rings. The quantitative estimate of drug-likeness (QED) is 0.0883. The molecule has 0 fully saturated rings. The van der Waals surface area contributed by atoms with E-state index in [-0.39, 0.29) is 38.0 Å². The predicted molar refractivity (Wildman–Crippen MR) is 99.1 cm³/mol. The van der Waals surface area contributed by atoms with Crippen LogP contribution < -0.4 is 5.32 Å². The molecular weight excluding hydrogens is 441 g/mol. The number of phosphoric acid groups is 1. The number of rotatable bonds is 12. The van der Waals surface area contributed by atoms with Gasteiger partial charge in [-0.05, 0) is 11.3 Å². The largest absolute Gasteiger partial charge is 0.472 e. The van der Waals surface area contributed by atoms with Crippen LogP contribution in [0.2, 0.25) is 0 Å². The van der Waals surface area contributed by atoms with Gasteiger partial charge in [0.05, 0.1) is 6.07 Å². The van der Waals surface area contributed by atoms with E-state index in [0.717, 1.165) is 23.1 Å². The second-order valence-corrected chi connectivity index (χ2v) is 7.42. The minimum Gasteiger partial charge on any atom is -0.358 e. The van der Waals surface area contributed by atoms with Crippen molar-refractivity contribution in [1.29, 1.82) is 0 Å². The van der Waals surface area contributed by atoms with Gasteiger partial charge in [-0.3, -0.25) is 24.1 Å². The lowest BCUT2D eigenvalue weighted by Gasteiger charge is -2.13. The number of carbonyl (C=O) groups excluding carboxylic acids is 4. The molecule has 0 atom stereocenters.